The summed E-state index contributed by atoms with van der Waals surface area (Å²) >= 11 is 17.3. The SMILES string of the molecule is O=C(O)COCCNC(=O)c1ncc(Cl)c(Cl)c1Cl. The minimum Gasteiger partial charge on any atom is -0.480 e. The molecule has 0 spiro atoms. The van der Waals surface area contributed by atoms with Crippen LogP contribution in [0.2, 0.25) is 15.1 Å². The molecule has 0 unspecified atom stereocenters. The Bertz CT molecular complexity index is 496. The number of aromatic nitrogens is 1. The highest BCUT2D eigenvalue weighted by Gasteiger charge is 2.16. The second kappa shape index (κ2) is 7.49. The van der Waals surface area contributed by atoms with Crippen molar-refractivity contribution in [2.45, 2.75) is 0 Å². The van der Waals surface area contributed by atoms with E-state index in [-0.39, 0.29) is 33.9 Å². The molecule has 1 rings (SSSR count). The second-order valence-corrected chi connectivity index (χ2v) is 4.45. The number of aliphatic carboxylic acids is 1. The fourth-order valence-electron chi connectivity index (χ4n) is 1.08. The van der Waals surface area contributed by atoms with Crippen LogP contribution in [0.1, 0.15) is 10.5 Å². The number of carboxylic acids is 1. The predicted octanol–water partition coefficient (Wildman–Crippen LogP) is 1.87. The van der Waals surface area contributed by atoms with Crippen molar-refractivity contribution in [3.8, 4) is 0 Å². The molecule has 0 radical (unpaired) electrons. The van der Waals surface area contributed by atoms with Crippen molar-refractivity contribution in [3.05, 3.63) is 27.0 Å². The average Bonchev–Trinajstić information content (AvgIpc) is 2.35. The first-order chi connectivity index (χ1) is 8.93. The molecule has 0 aliphatic rings. The lowest BCUT2D eigenvalue weighted by molar-refractivity contribution is -0.142. The van der Waals surface area contributed by atoms with Gasteiger partial charge in [0.2, 0.25) is 0 Å². The number of pyridine rings is 1. The van der Waals surface area contributed by atoms with Gasteiger partial charge in [0.05, 0.1) is 21.7 Å². The highest BCUT2D eigenvalue weighted by molar-refractivity contribution is 6.48. The number of nitrogens with zero attached hydrogens (tertiary/aromatic N) is 1. The minimum atomic E-state index is -1.08. The van der Waals surface area contributed by atoms with Crippen molar-refractivity contribution in [2.24, 2.45) is 0 Å². The van der Waals surface area contributed by atoms with E-state index in [2.05, 4.69) is 10.3 Å². The van der Waals surface area contributed by atoms with Gasteiger partial charge in [0, 0.05) is 12.7 Å². The van der Waals surface area contributed by atoms with Gasteiger partial charge in [-0.25, -0.2) is 9.78 Å². The highest BCUT2D eigenvalue weighted by atomic mass is 35.5. The summed E-state index contributed by atoms with van der Waals surface area (Å²) in [5.41, 5.74) is -0.0608. The van der Waals surface area contributed by atoms with E-state index >= 15 is 0 Å². The quantitative estimate of drug-likeness (QED) is 0.779. The lowest BCUT2D eigenvalue weighted by Gasteiger charge is -2.07. The largest absolute Gasteiger partial charge is 0.480 e. The molecule has 0 fully saturated rings. The van der Waals surface area contributed by atoms with Crippen molar-refractivity contribution in [1.29, 1.82) is 0 Å². The van der Waals surface area contributed by atoms with Crippen molar-refractivity contribution in [1.82, 2.24) is 10.3 Å². The third kappa shape index (κ3) is 4.83. The standard InChI is InChI=1S/C10H9Cl3N2O4/c11-5-3-15-9(8(13)7(5)12)10(18)14-1-2-19-4-6(16)17/h3H,1-2,4H2,(H,14,18)(H,16,17). The molecule has 19 heavy (non-hydrogen) atoms. The summed E-state index contributed by atoms with van der Waals surface area (Å²) in [5, 5.41) is 10.9. The maximum Gasteiger partial charge on any atom is 0.329 e. The van der Waals surface area contributed by atoms with Crippen LogP contribution in [-0.2, 0) is 9.53 Å². The smallest absolute Gasteiger partial charge is 0.329 e. The summed E-state index contributed by atoms with van der Waals surface area (Å²) in [6.07, 6.45) is 1.21. The van der Waals surface area contributed by atoms with E-state index in [4.69, 9.17) is 44.6 Å². The summed E-state index contributed by atoms with van der Waals surface area (Å²) in [6.45, 7) is -0.261. The summed E-state index contributed by atoms with van der Waals surface area (Å²) in [5.74, 6) is -1.64. The number of carbonyl (C=O) groups excluding carboxylic acids is 1. The fourth-order valence-corrected chi connectivity index (χ4v) is 1.65. The summed E-state index contributed by atoms with van der Waals surface area (Å²) in [6, 6.07) is 0. The van der Waals surface area contributed by atoms with Crippen LogP contribution < -0.4 is 5.32 Å². The van der Waals surface area contributed by atoms with Gasteiger partial charge in [0.15, 0.2) is 0 Å². The molecule has 1 aromatic rings. The molecular weight excluding hydrogens is 318 g/mol. The van der Waals surface area contributed by atoms with E-state index < -0.39 is 18.5 Å². The normalized spacial score (nSPS) is 10.3. The predicted molar refractivity (Wildman–Crippen MR) is 70.1 cm³/mol. The molecule has 0 aromatic carbocycles. The lowest BCUT2D eigenvalue weighted by Crippen LogP contribution is -2.29. The van der Waals surface area contributed by atoms with E-state index in [9.17, 15) is 9.59 Å². The molecule has 0 bridgehead atoms. The maximum absolute atomic E-state index is 11.7. The number of halogens is 3. The van der Waals surface area contributed by atoms with Crippen molar-refractivity contribution < 1.29 is 19.4 Å². The van der Waals surface area contributed by atoms with Crippen molar-refractivity contribution in [3.63, 3.8) is 0 Å². The molecule has 1 aromatic heterocycles. The molecule has 0 saturated carbocycles. The fraction of sp³-hybridized carbons (Fsp3) is 0.300. The first-order valence-corrected chi connectivity index (χ1v) is 6.14. The van der Waals surface area contributed by atoms with Gasteiger partial charge in [0.25, 0.3) is 5.91 Å². The van der Waals surface area contributed by atoms with Crippen LogP contribution >= 0.6 is 34.8 Å². The third-order valence-electron chi connectivity index (χ3n) is 1.89. The first-order valence-electron chi connectivity index (χ1n) is 5.00. The number of amides is 1. The van der Waals surface area contributed by atoms with E-state index in [0.717, 1.165) is 0 Å². The number of carboxylic acid groups (broad SMARTS) is 1. The summed E-state index contributed by atoms with van der Waals surface area (Å²) < 4.78 is 4.74. The van der Waals surface area contributed by atoms with Crippen LogP contribution in [0.5, 0.6) is 0 Å². The summed E-state index contributed by atoms with van der Waals surface area (Å²) in [4.78, 5) is 25.6. The molecule has 6 nitrogen and oxygen atoms in total. The Morgan fingerprint density at radius 3 is 2.63 bits per heavy atom. The van der Waals surface area contributed by atoms with Gasteiger partial charge in [-0.2, -0.15) is 0 Å². The zero-order chi connectivity index (χ0) is 14.4. The number of hydrogen-bond donors (Lipinski definition) is 2. The molecule has 2 N–H and O–H groups in total. The molecule has 104 valence electrons. The Balaban J connectivity index is 2.50. The average molecular weight is 328 g/mol. The van der Waals surface area contributed by atoms with Gasteiger partial charge >= 0.3 is 5.97 Å². The van der Waals surface area contributed by atoms with Crippen LogP contribution in [0.4, 0.5) is 0 Å². The molecular formula is C10H9Cl3N2O4. The molecule has 0 aliphatic carbocycles. The van der Waals surface area contributed by atoms with Gasteiger partial charge in [-0.05, 0) is 0 Å². The van der Waals surface area contributed by atoms with Crippen LogP contribution in [0.25, 0.3) is 0 Å². The second-order valence-electron chi connectivity index (χ2n) is 3.28. The number of rotatable bonds is 6. The zero-order valence-corrected chi connectivity index (χ0v) is 11.7. The van der Waals surface area contributed by atoms with Gasteiger partial charge in [0.1, 0.15) is 12.3 Å². The van der Waals surface area contributed by atoms with Gasteiger partial charge in [-0.1, -0.05) is 34.8 Å². The Morgan fingerprint density at radius 1 is 1.32 bits per heavy atom. The molecule has 0 saturated heterocycles. The van der Waals surface area contributed by atoms with Crippen LogP contribution in [0.3, 0.4) is 0 Å². The number of carbonyl (C=O) groups is 2. The lowest BCUT2D eigenvalue weighted by atomic mass is 10.3. The van der Waals surface area contributed by atoms with Crippen LogP contribution in [-0.4, -0.2) is 41.7 Å². The molecule has 1 amide bonds. The van der Waals surface area contributed by atoms with Crippen molar-refractivity contribution >= 4 is 46.7 Å². The number of nitrogens with one attached hydrogen (secondary N) is 1. The van der Waals surface area contributed by atoms with Gasteiger partial charge in [-0.3, -0.25) is 4.79 Å². The Labute approximate surface area is 123 Å². The van der Waals surface area contributed by atoms with E-state index in [1.807, 2.05) is 0 Å². The first kappa shape index (κ1) is 16.0. The Morgan fingerprint density at radius 2 is 2.00 bits per heavy atom. The van der Waals surface area contributed by atoms with E-state index in [0.29, 0.717) is 0 Å². The Hall–Kier alpha value is -1.08. The van der Waals surface area contributed by atoms with E-state index in [1.165, 1.54) is 6.20 Å². The Kier molecular flexibility index (Phi) is 6.30. The maximum atomic E-state index is 11.7. The van der Waals surface area contributed by atoms with Crippen LogP contribution in [0.15, 0.2) is 6.20 Å². The number of ether oxygens (including phenoxy) is 1. The molecule has 9 heteroatoms. The number of hydrogen-bond acceptors (Lipinski definition) is 4. The van der Waals surface area contributed by atoms with Gasteiger partial charge < -0.3 is 15.2 Å². The molecule has 0 atom stereocenters. The monoisotopic (exact) mass is 326 g/mol. The zero-order valence-electron chi connectivity index (χ0n) is 9.45. The van der Waals surface area contributed by atoms with E-state index in [1.54, 1.807) is 0 Å². The van der Waals surface area contributed by atoms with Crippen molar-refractivity contribution in [2.75, 3.05) is 19.8 Å². The summed E-state index contributed by atoms with van der Waals surface area (Å²) in [7, 11) is 0. The topological polar surface area (TPSA) is 88.5 Å². The van der Waals surface area contributed by atoms with Gasteiger partial charge in [-0.15, -0.1) is 0 Å². The molecule has 1 heterocycles. The highest BCUT2D eigenvalue weighted by Crippen LogP contribution is 2.30. The molecule has 0 aliphatic heterocycles. The third-order valence-corrected chi connectivity index (χ3v) is 3.13. The van der Waals surface area contributed by atoms with Crippen LogP contribution in [0, 0.1) is 0 Å². The minimum absolute atomic E-state index is 0.0434.